The molecule has 5 nitrogen and oxygen atoms in total. The van der Waals surface area contributed by atoms with Crippen LogP contribution in [-0.4, -0.2) is 68.4 Å². The van der Waals surface area contributed by atoms with E-state index in [1.807, 2.05) is 13.8 Å². The first kappa shape index (κ1) is 14.3. The highest BCUT2D eigenvalue weighted by molar-refractivity contribution is 5.67. The molecule has 1 fully saturated rings. The Morgan fingerprint density at radius 1 is 1.47 bits per heavy atom. The largest absolute Gasteiger partial charge is 0.446 e. The van der Waals surface area contributed by atoms with E-state index in [9.17, 15) is 4.79 Å². The first-order valence-electron chi connectivity index (χ1n) is 6.35. The lowest BCUT2D eigenvalue weighted by molar-refractivity contribution is 0.0314. The molecule has 1 amide bonds. The van der Waals surface area contributed by atoms with Crippen molar-refractivity contribution < 1.29 is 14.3 Å². The predicted molar refractivity (Wildman–Crippen MR) is 66.1 cm³/mol. The van der Waals surface area contributed by atoms with Crippen LogP contribution in [0.4, 0.5) is 4.79 Å². The quantitative estimate of drug-likeness (QED) is 0.728. The third-order valence-electron chi connectivity index (χ3n) is 3.04. The SMILES string of the molecule is CCC(C)OC(=O)N(C)CCN1CCOCC1. The molecule has 1 aliphatic rings. The second-order valence-electron chi connectivity index (χ2n) is 4.48. The van der Waals surface area contributed by atoms with Gasteiger partial charge in [-0.05, 0) is 13.3 Å². The van der Waals surface area contributed by atoms with Gasteiger partial charge in [-0.2, -0.15) is 0 Å². The Morgan fingerprint density at radius 3 is 2.71 bits per heavy atom. The Hall–Kier alpha value is -0.810. The number of amides is 1. The summed E-state index contributed by atoms with van der Waals surface area (Å²) < 4.78 is 10.5. The van der Waals surface area contributed by atoms with Gasteiger partial charge >= 0.3 is 6.09 Å². The molecule has 5 heteroatoms. The standard InChI is InChI=1S/C12H24N2O3/c1-4-11(2)17-12(15)13(3)5-6-14-7-9-16-10-8-14/h11H,4-10H2,1-3H3. The van der Waals surface area contributed by atoms with Gasteiger partial charge in [0.1, 0.15) is 6.10 Å². The molecule has 0 radical (unpaired) electrons. The van der Waals surface area contributed by atoms with Gasteiger partial charge in [0, 0.05) is 33.2 Å². The van der Waals surface area contributed by atoms with Crippen molar-refractivity contribution in [2.75, 3.05) is 46.4 Å². The topological polar surface area (TPSA) is 42.0 Å². The molecule has 1 aliphatic heterocycles. The van der Waals surface area contributed by atoms with Crippen molar-refractivity contribution in [1.29, 1.82) is 0 Å². The van der Waals surface area contributed by atoms with Gasteiger partial charge in [0.2, 0.25) is 0 Å². The lowest BCUT2D eigenvalue weighted by atomic mass is 10.3. The number of nitrogens with zero attached hydrogens (tertiary/aromatic N) is 2. The molecule has 0 N–H and O–H groups in total. The molecule has 0 saturated carbocycles. The molecule has 0 bridgehead atoms. The number of carbonyl (C=O) groups excluding carboxylic acids is 1. The molecular weight excluding hydrogens is 220 g/mol. The summed E-state index contributed by atoms with van der Waals surface area (Å²) in [6, 6.07) is 0. The van der Waals surface area contributed by atoms with Gasteiger partial charge < -0.3 is 14.4 Å². The minimum atomic E-state index is -0.229. The highest BCUT2D eigenvalue weighted by Gasteiger charge is 2.15. The Bertz CT molecular complexity index is 230. The van der Waals surface area contributed by atoms with Crippen molar-refractivity contribution in [3.8, 4) is 0 Å². The lowest BCUT2D eigenvalue weighted by Crippen LogP contribution is -2.42. The van der Waals surface area contributed by atoms with E-state index in [4.69, 9.17) is 9.47 Å². The second kappa shape index (κ2) is 7.50. The van der Waals surface area contributed by atoms with Gasteiger partial charge in [0.25, 0.3) is 0 Å². The summed E-state index contributed by atoms with van der Waals surface area (Å²) in [5.74, 6) is 0. The normalized spacial score (nSPS) is 18.8. The average Bonchev–Trinajstić information content (AvgIpc) is 2.36. The van der Waals surface area contributed by atoms with Gasteiger partial charge in [-0.1, -0.05) is 6.92 Å². The highest BCUT2D eigenvalue weighted by atomic mass is 16.6. The number of likely N-dealkylation sites (N-methyl/N-ethyl adjacent to an activating group) is 1. The van der Waals surface area contributed by atoms with Crippen molar-refractivity contribution in [3.05, 3.63) is 0 Å². The van der Waals surface area contributed by atoms with E-state index in [0.29, 0.717) is 6.54 Å². The Labute approximate surface area is 104 Å². The monoisotopic (exact) mass is 244 g/mol. The number of carbonyl (C=O) groups is 1. The first-order valence-corrected chi connectivity index (χ1v) is 6.35. The van der Waals surface area contributed by atoms with E-state index in [1.165, 1.54) is 0 Å². The summed E-state index contributed by atoms with van der Waals surface area (Å²) >= 11 is 0. The summed E-state index contributed by atoms with van der Waals surface area (Å²) in [5.41, 5.74) is 0. The van der Waals surface area contributed by atoms with Crippen LogP contribution in [0.5, 0.6) is 0 Å². The summed E-state index contributed by atoms with van der Waals surface area (Å²) in [6.45, 7) is 8.99. The van der Waals surface area contributed by atoms with Crippen LogP contribution >= 0.6 is 0 Å². The third kappa shape index (κ3) is 5.37. The Kier molecular flexibility index (Phi) is 6.29. The fourth-order valence-corrected chi connectivity index (χ4v) is 1.55. The summed E-state index contributed by atoms with van der Waals surface area (Å²) in [7, 11) is 1.78. The maximum atomic E-state index is 11.6. The van der Waals surface area contributed by atoms with Crippen LogP contribution in [0.15, 0.2) is 0 Å². The fraction of sp³-hybridized carbons (Fsp3) is 0.917. The maximum Gasteiger partial charge on any atom is 0.409 e. The zero-order chi connectivity index (χ0) is 12.7. The molecule has 0 aromatic rings. The van der Waals surface area contributed by atoms with Gasteiger partial charge in [-0.25, -0.2) is 4.79 Å². The Balaban J connectivity index is 2.18. The molecule has 100 valence electrons. The Morgan fingerprint density at radius 2 is 2.12 bits per heavy atom. The summed E-state index contributed by atoms with van der Waals surface area (Å²) in [5, 5.41) is 0. The van der Waals surface area contributed by atoms with Crippen LogP contribution in [0.25, 0.3) is 0 Å². The zero-order valence-electron chi connectivity index (χ0n) is 11.1. The first-order chi connectivity index (χ1) is 8.13. The number of rotatable bonds is 5. The van der Waals surface area contributed by atoms with Crippen LogP contribution in [0.2, 0.25) is 0 Å². The molecule has 0 spiro atoms. The maximum absolute atomic E-state index is 11.6. The summed E-state index contributed by atoms with van der Waals surface area (Å²) in [6.07, 6.45) is 0.615. The van der Waals surface area contributed by atoms with E-state index >= 15 is 0 Å². The molecule has 1 atom stereocenters. The van der Waals surface area contributed by atoms with Gasteiger partial charge in [0.15, 0.2) is 0 Å². The van der Waals surface area contributed by atoms with Crippen molar-refractivity contribution in [1.82, 2.24) is 9.80 Å². The van der Waals surface area contributed by atoms with E-state index in [1.54, 1.807) is 11.9 Å². The van der Waals surface area contributed by atoms with Gasteiger partial charge in [-0.15, -0.1) is 0 Å². The molecule has 17 heavy (non-hydrogen) atoms. The molecular formula is C12H24N2O3. The van der Waals surface area contributed by atoms with E-state index in [0.717, 1.165) is 39.3 Å². The second-order valence-corrected chi connectivity index (χ2v) is 4.48. The molecule has 0 aliphatic carbocycles. The van der Waals surface area contributed by atoms with E-state index in [2.05, 4.69) is 4.90 Å². The number of hydrogen-bond donors (Lipinski definition) is 0. The summed E-state index contributed by atoms with van der Waals surface area (Å²) in [4.78, 5) is 15.6. The zero-order valence-corrected chi connectivity index (χ0v) is 11.1. The average molecular weight is 244 g/mol. The molecule has 1 saturated heterocycles. The lowest BCUT2D eigenvalue weighted by Gasteiger charge is -2.28. The van der Waals surface area contributed by atoms with Crippen molar-refractivity contribution in [3.63, 3.8) is 0 Å². The van der Waals surface area contributed by atoms with E-state index in [-0.39, 0.29) is 12.2 Å². The van der Waals surface area contributed by atoms with Crippen molar-refractivity contribution in [2.45, 2.75) is 26.4 Å². The molecule has 0 aromatic heterocycles. The minimum absolute atomic E-state index is 0.00617. The third-order valence-corrected chi connectivity index (χ3v) is 3.04. The van der Waals surface area contributed by atoms with Crippen molar-refractivity contribution in [2.24, 2.45) is 0 Å². The number of hydrogen-bond acceptors (Lipinski definition) is 4. The molecule has 1 unspecified atom stereocenters. The highest BCUT2D eigenvalue weighted by Crippen LogP contribution is 2.01. The van der Waals surface area contributed by atoms with Gasteiger partial charge in [-0.3, -0.25) is 4.90 Å². The number of ether oxygens (including phenoxy) is 2. The van der Waals surface area contributed by atoms with Crippen LogP contribution in [0.3, 0.4) is 0 Å². The molecule has 1 rings (SSSR count). The fourth-order valence-electron chi connectivity index (χ4n) is 1.55. The van der Waals surface area contributed by atoms with E-state index < -0.39 is 0 Å². The predicted octanol–water partition coefficient (Wildman–Crippen LogP) is 1.19. The minimum Gasteiger partial charge on any atom is -0.446 e. The van der Waals surface area contributed by atoms with Crippen LogP contribution in [0.1, 0.15) is 20.3 Å². The molecule has 1 heterocycles. The van der Waals surface area contributed by atoms with Gasteiger partial charge in [0.05, 0.1) is 13.2 Å². The number of morpholine rings is 1. The smallest absolute Gasteiger partial charge is 0.409 e. The van der Waals surface area contributed by atoms with Crippen LogP contribution in [-0.2, 0) is 9.47 Å². The van der Waals surface area contributed by atoms with Crippen molar-refractivity contribution >= 4 is 6.09 Å². The van der Waals surface area contributed by atoms with Crippen LogP contribution in [0, 0.1) is 0 Å². The molecule has 0 aromatic carbocycles. The van der Waals surface area contributed by atoms with Crippen LogP contribution < -0.4 is 0 Å².